The van der Waals surface area contributed by atoms with Crippen molar-refractivity contribution in [2.24, 2.45) is 0 Å². The molecule has 0 atom stereocenters. The molecular weight excluding hydrogens is 220 g/mol. The van der Waals surface area contributed by atoms with Gasteiger partial charge in [-0.25, -0.2) is 0 Å². The van der Waals surface area contributed by atoms with E-state index in [0.29, 0.717) is 29.8 Å². The summed E-state index contributed by atoms with van der Waals surface area (Å²) in [7, 11) is 1.59. The monoisotopic (exact) mass is 232 g/mol. The molecule has 2 rings (SSSR count). The number of nitrogens with one attached hydrogen (secondary N) is 1. The Balaban J connectivity index is 2.66. The van der Waals surface area contributed by atoms with Crippen LogP contribution >= 0.6 is 0 Å². The zero-order valence-corrected chi connectivity index (χ0v) is 9.65. The molecule has 0 fully saturated rings. The molecule has 6 nitrogen and oxygen atoms in total. The topological polar surface area (TPSA) is 83.2 Å². The number of rotatable bonds is 3. The van der Waals surface area contributed by atoms with Gasteiger partial charge < -0.3 is 9.72 Å². The van der Waals surface area contributed by atoms with Crippen molar-refractivity contribution in [3.8, 4) is 6.07 Å². The molecule has 0 saturated heterocycles. The third-order valence-electron chi connectivity index (χ3n) is 2.65. The lowest BCUT2D eigenvalue weighted by Crippen LogP contribution is -2.22. The van der Waals surface area contributed by atoms with Gasteiger partial charge in [-0.05, 0) is 6.92 Å². The highest BCUT2D eigenvalue weighted by atomic mass is 16.5. The maximum atomic E-state index is 12.1. The molecule has 0 radical (unpaired) electrons. The van der Waals surface area contributed by atoms with Gasteiger partial charge in [0.25, 0.3) is 5.56 Å². The van der Waals surface area contributed by atoms with Crippen LogP contribution in [-0.2, 0) is 11.2 Å². The fourth-order valence-corrected chi connectivity index (χ4v) is 1.74. The quantitative estimate of drug-likeness (QED) is 0.829. The minimum absolute atomic E-state index is 0.199. The number of aromatic nitrogens is 3. The molecule has 6 heteroatoms. The number of methoxy groups -OCH3 is 1. The molecule has 2 aromatic heterocycles. The Morgan fingerprint density at radius 2 is 2.41 bits per heavy atom. The van der Waals surface area contributed by atoms with Gasteiger partial charge in [-0.3, -0.25) is 4.79 Å². The number of fused-ring (bicyclic) bond motifs is 1. The SMILES string of the molecule is COCCc1c(C)[nH]c2c(C#N)cnn2c1=O. The molecule has 2 aromatic rings. The van der Waals surface area contributed by atoms with Crippen molar-refractivity contribution in [2.45, 2.75) is 13.3 Å². The summed E-state index contributed by atoms with van der Waals surface area (Å²) in [6.07, 6.45) is 1.90. The highest BCUT2D eigenvalue weighted by molar-refractivity contribution is 5.54. The van der Waals surface area contributed by atoms with Gasteiger partial charge in [-0.2, -0.15) is 14.9 Å². The van der Waals surface area contributed by atoms with E-state index in [0.717, 1.165) is 5.69 Å². The molecule has 0 saturated carbocycles. The second-order valence-electron chi connectivity index (χ2n) is 3.71. The number of nitriles is 1. The van der Waals surface area contributed by atoms with E-state index in [-0.39, 0.29) is 5.56 Å². The van der Waals surface area contributed by atoms with Crippen molar-refractivity contribution in [1.82, 2.24) is 14.6 Å². The molecule has 0 unspecified atom stereocenters. The molecule has 1 N–H and O–H groups in total. The summed E-state index contributed by atoms with van der Waals surface area (Å²) in [5, 5.41) is 12.8. The summed E-state index contributed by atoms with van der Waals surface area (Å²) in [6.45, 7) is 2.28. The normalized spacial score (nSPS) is 10.6. The Bertz CT molecular complexity index is 648. The highest BCUT2D eigenvalue weighted by Gasteiger charge is 2.12. The molecule has 0 aliphatic rings. The van der Waals surface area contributed by atoms with Gasteiger partial charge in [0.05, 0.1) is 12.8 Å². The van der Waals surface area contributed by atoms with E-state index in [1.54, 1.807) is 14.0 Å². The number of hydrogen-bond donors (Lipinski definition) is 1. The van der Waals surface area contributed by atoms with E-state index in [2.05, 4.69) is 10.1 Å². The highest BCUT2D eigenvalue weighted by Crippen LogP contribution is 2.08. The molecular formula is C11H12N4O2. The lowest BCUT2D eigenvalue weighted by molar-refractivity contribution is 0.201. The summed E-state index contributed by atoms with van der Waals surface area (Å²) in [6, 6.07) is 1.99. The number of aromatic amines is 1. The minimum atomic E-state index is -0.199. The summed E-state index contributed by atoms with van der Waals surface area (Å²) in [5.74, 6) is 0. The zero-order chi connectivity index (χ0) is 12.4. The number of nitrogens with zero attached hydrogens (tertiary/aromatic N) is 3. The number of ether oxygens (including phenoxy) is 1. The Morgan fingerprint density at radius 3 is 3.06 bits per heavy atom. The van der Waals surface area contributed by atoms with E-state index in [1.807, 2.05) is 6.07 Å². The Morgan fingerprint density at radius 1 is 1.65 bits per heavy atom. The Kier molecular flexibility index (Phi) is 2.93. The molecule has 2 heterocycles. The summed E-state index contributed by atoms with van der Waals surface area (Å²) in [5.41, 5.74) is 1.98. The van der Waals surface area contributed by atoms with Gasteiger partial charge in [0.15, 0.2) is 5.65 Å². The first kappa shape index (κ1) is 11.4. The van der Waals surface area contributed by atoms with Gasteiger partial charge in [0, 0.05) is 24.8 Å². The second kappa shape index (κ2) is 4.39. The average Bonchev–Trinajstić information content (AvgIpc) is 2.72. The van der Waals surface area contributed by atoms with Crippen LogP contribution in [0.4, 0.5) is 0 Å². The third kappa shape index (κ3) is 1.81. The first-order chi connectivity index (χ1) is 8.19. The van der Waals surface area contributed by atoms with Crippen LogP contribution in [0.25, 0.3) is 5.65 Å². The van der Waals surface area contributed by atoms with Crippen LogP contribution < -0.4 is 5.56 Å². The van der Waals surface area contributed by atoms with E-state index in [4.69, 9.17) is 10.00 Å². The average molecular weight is 232 g/mol. The first-order valence-corrected chi connectivity index (χ1v) is 5.17. The van der Waals surface area contributed by atoms with E-state index < -0.39 is 0 Å². The number of hydrogen-bond acceptors (Lipinski definition) is 4. The van der Waals surface area contributed by atoms with Crippen molar-refractivity contribution in [1.29, 1.82) is 5.26 Å². The standard InChI is InChI=1S/C11H12N4O2/c1-7-9(3-4-17-2)11(16)15-10(14-7)8(5-12)6-13-15/h6,14H,3-4H2,1-2H3. The molecule has 0 spiro atoms. The van der Waals surface area contributed by atoms with Gasteiger partial charge in [-0.15, -0.1) is 0 Å². The largest absolute Gasteiger partial charge is 0.384 e. The minimum Gasteiger partial charge on any atom is -0.384 e. The van der Waals surface area contributed by atoms with Crippen molar-refractivity contribution in [3.63, 3.8) is 0 Å². The van der Waals surface area contributed by atoms with Crippen LogP contribution in [0.5, 0.6) is 0 Å². The van der Waals surface area contributed by atoms with E-state index >= 15 is 0 Å². The molecule has 0 aromatic carbocycles. The molecule has 0 amide bonds. The second-order valence-corrected chi connectivity index (χ2v) is 3.71. The summed E-state index contributed by atoms with van der Waals surface area (Å²) in [4.78, 5) is 15.1. The maximum Gasteiger partial charge on any atom is 0.277 e. The maximum absolute atomic E-state index is 12.1. The number of H-pyrrole nitrogens is 1. The fourth-order valence-electron chi connectivity index (χ4n) is 1.74. The van der Waals surface area contributed by atoms with Crippen molar-refractivity contribution < 1.29 is 4.74 Å². The summed E-state index contributed by atoms with van der Waals surface area (Å²) < 4.78 is 6.18. The predicted molar refractivity (Wildman–Crippen MR) is 60.8 cm³/mol. The lowest BCUT2D eigenvalue weighted by Gasteiger charge is -2.05. The zero-order valence-electron chi connectivity index (χ0n) is 9.65. The number of aryl methyl sites for hydroxylation is 1. The summed E-state index contributed by atoms with van der Waals surface area (Å²) >= 11 is 0. The van der Waals surface area contributed by atoms with Crippen LogP contribution in [0.1, 0.15) is 16.8 Å². The van der Waals surface area contributed by atoms with Gasteiger partial charge in [-0.1, -0.05) is 0 Å². The van der Waals surface area contributed by atoms with Gasteiger partial charge in [0.2, 0.25) is 0 Å². The van der Waals surface area contributed by atoms with Crippen LogP contribution in [0.15, 0.2) is 11.0 Å². The van der Waals surface area contributed by atoms with Gasteiger partial charge >= 0.3 is 0 Å². The molecule has 0 aliphatic heterocycles. The Hall–Kier alpha value is -2.13. The lowest BCUT2D eigenvalue weighted by atomic mass is 10.2. The van der Waals surface area contributed by atoms with Gasteiger partial charge in [0.1, 0.15) is 11.6 Å². The van der Waals surface area contributed by atoms with Crippen molar-refractivity contribution in [2.75, 3.05) is 13.7 Å². The first-order valence-electron chi connectivity index (χ1n) is 5.17. The molecule has 0 aliphatic carbocycles. The van der Waals surface area contributed by atoms with Crippen LogP contribution in [0, 0.1) is 18.3 Å². The molecule has 0 bridgehead atoms. The Labute approximate surface area is 97.4 Å². The molecule has 17 heavy (non-hydrogen) atoms. The predicted octanol–water partition coefficient (Wildman–Crippen LogP) is 0.392. The fraction of sp³-hybridized carbons (Fsp3) is 0.364. The van der Waals surface area contributed by atoms with Crippen molar-refractivity contribution in [3.05, 3.63) is 33.4 Å². The van der Waals surface area contributed by atoms with Crippen LogP contribution in [0.3, 0.4) is 0 Å². The third-order valence-corrected chi connectivity index (χ3v) is 2.65. The van der Waals surface area contributed by atoms with Crippen LogP contribution in [-0.4, -0.2) is 28.3 Å². The van der Waals surface area contributed by atoms with E-state index in [1.165, 1.54) is 10.7 Å². The smallest absolute Gasteiger partial charge is 0.277 e. The van der Waals surface area contributed by atoms with Crippen LogP contribution in [0.2, 0.25) is 0 Å². The molecule has 88 valence electrons. The van der Waals surface area contributed by atoms with Crippen molar-refractivity contribution >= 4 is 5.65 Å². The van der Waals surface area contributed by atoms with E-state index in [9.17, 15) is 4.79 Å².